The molecule has 0 fully saturated rings. The number of anilines is 1. The lowest BCUT2D eigenvalue weighted by molar-refractivity contribution is -0.116. The number of nitrogens with one attached hydrogen (secondary N) is 1. The molecular formula is C22H24N4O3S. The van der Waals surface area contributed by atoms with E-state index in [9.17, 15) is 14.4 Å². The van der Waals surface area contributed by atoms with E-state index in [4.69, 9.17) is 0 Å². The molecule has 1 aromatic carbocycles. The number of para-hydroxylation sites is 1. The Morgan fingerprint density at radius 1 is 1.20 bits per heavy atom. The van der Waals surface area contributed by atoms with E-state index in [2.05, 4.69) is 10.3 Å². The maximum absolute atomic E-state index is 13.0. The number of amides is 2. The lowest BCUT2D eigenvalue weighted by Crippen LogP contribution is -2.26. The molecule has 30 heavy (non-hydrogen) atoms. The lowest BCUT2D eigenvalue weighted by atomic mass is 9.97. The zero-order valence-electron chi connectivity index (χ0n) is 17.1. The van der Waals surface area contributed by atoms with Crippen LogP contribution in [-0.4, -0.2) is 40.4 Å². The van der Waals surface area contributed by atoms with Gasteiger partial charge in [0.15, 0.2) is 0 Å². The maximum Gasteiger partial charge on any atom is 0.262 e. The van der Waals surface area contributed by atoms with Crippen LogP contribution in [0.25, 0.3) is 10.2 Å². The monoisotopic (exact) mass is 424 g/mol. The molecule has 1 aliphatic rings. The molecule has 156 valence electrons. The summed E-state index contributed by atoms with van der Waals surface area (Å²) in [7, 11) is 3.33. The van der Waals surface area contributed by atoms with Crippen molar-refractivity contribution in [2.45, 2.75) is 38.6 Å². The summed E-state index contributed by atoms with van der Waals surface area (Å²) in [5.41, 5.74) is 1.97. The zero-order chi connectivity index (χ0) is 21.3. The fourth-order valence-electron chi connectivity index (χ4n) is 3.79. The van der Waals surface area contributed by atoms with Gasteiger partial charge in [0.25, 0.3) is 11.5 Å². The Labute approximate surface area is 178 Å². The number of hydrogen-bond donors (Lipinski definition) is 1. The number of rotatable bonds is 5. The van der Waals surface area contributed by atoms with E-state index in [1.165, 1.54) is 20.7 Å². The summed E-state index contributed by atoms with van der Waals surface area (Å²) in [6, 6.07) is 6.91. The van der Waals surface area contributed by atoms with Crippen molar-refractivity contribution in [2.75, 3.05) is 19.4 Å². The maximum atomic E-state index is 13.0. The van der Waals surface area contributed by atoms with Crippen LogP contribution in [0.5, 0.6) is 0 Å². The second-order valence-electron chi connectivity index (χ2n) is 7.68. The van der Waals surface area contributed by atoms with Crippen LogP contribution in [0.1, 0.15) is 40.1 Å². The van der Waals surface area contributed by atoms with Crippen LogP contribution in [0, 0.1) is 0 Å². The second kappa shape index (κ2) is 8.39. The van der Waals surface area contributed by atoms with Crippen LogP contribution >= 0.6 is 11.3 Å². The van der Waals surface area contributed by atoms with Gasteiger partial charge in [-0.05, 0) is 43.4 Å². The molecule has 4 rings (SSSR count). The molecule has 3 aromatic rings. The van der Waals surface area contributed by atoms with Gasteiger partial charge in [0.1, 0.15) is 4.83 Å². The van der Waals surface area contributed by atoms with E-state index < -0.39 is 0 Å². The summed E-state index contributed by atoms with van der Waals surface area (Å²) >= 11 is 1.62. The summed E-state index contributed by atoms with van der Waals surface area (Å²) in [4.78, 5) is 45.8. The minimum absolute atomic E-state index is 0.0737. The molecule has 8 heteroatoms. The molecule has 2 aromatic heterocycles. The van der Waals surface area contributed by atoms with Gasteiger partial charge in [-0.1, -0.05) is 12.1 Å². The quantitative estimate of drug-likeness (QED) is 0.682. The van der Waals surface area contributed by atoms with Crippen molar-refractivity contribution >= 4 is 39.1 Å². The Bertz CT molecular complexity index is 1180. The van der Waals surface area contributed by atoms with Crippen LogP contribution in [0.4, 0.5) is 5.69 Å². The van der Waals surface area contributed by atoms with E-state index in [1.54, 1.807) is 49.7 Å². The summed E-state index contributed by atoms with van der Waals surface area (Å²) in [5.74, 6) is -0.438. The third kappa shape index (κ3) is 3.87. The average molecular weight is 425 g/mol. The van der Waals surface area contributed by atoms with Gasteiger partial charge in [0.05, 0.1) is 23.0 Å². The van der Waals surface area contributed by atoms with E-state index >= 15 is 0 Å². The predicted octanol–water partition coefficient (Wildman–Crippen LogP) is 3.07. The molecule has 0 bridgehead atoms. The molecule has 0 atom stereocenters. The largest absolute Gasteiger partial charge is 0.345 e. The van der Waals surface area contributed by atoms with Crippen LogP contribution in [-0.2, 0) is 24.2 Å². The third-order valence-electron chi connectivity index (χ3n) is 5.36. The molecule has 0 unspecified atom stereocenters. The first-order valence-corrected chi connectivity index (χ1v) is 10.9. The number of thiophene rings is 1. The topological polar surface area (TPSA) is 84.3 Å². The van der Waals surface area contributed by atoms with Gasteiger partial charge in [-0.15, -0.1) is 11.3 Å². The van der Waals surface area contributed by atoms with Gasteiger partial charge in [-0.2, -0.15) is 0 Å². The van der Waals surface area contributed by atoms with Crippen LogP contribution in [0.15, 0.2) is 35.4 Å². The van der Waals surface area contributed by atoms with Gasteiger partial charge < -0.3 is 10.2 Å². The summed E-state index contributed by atoms with van der Waals surface area (Å²) in [6.07, 6.45) is 5.84. The van der Waals surface area contributed by atoms with Gasteiger partial charge in [-0.25, -0.2) is 4.98 Å². The Hall–Kier alpha value is -3.00. The zero-order valence-corrected chi connectivity index (χ0v) is 17.9. The molecule has 0 radical (unpaired) electrons. The highest BCUT2D eigenvalue weighted by molar-refractivity contribution is 7.18. The van der Waals surface area contributed by atoms with Crippen LogP contribution in [0.3, 0.4) is 0 Å². The van der Waals surface area contributed by atoms with Gasteiger partial charge in [0, 0.05) is 31.9 Å². The molecule has 2 amide bonds. The normalized spacial score (nSPS) is 13.1. The summed E-state index contributed by atoms with van der Waals surface area (Å²) in [6.45, 7) is 0.238. The molecule has 0 spiro atoms. The minimum Gasteiger partial charge on any atom is -0.345 e. The Balaban J connectivity index is 1.50. The van der Waals surface area contributed by atoms with E-state index in [1.807, 2.05) is 0 Å². The smallest absolute Gasteiger partial charge is 0.262 e. The number of benzene rings is 1. The molecule has 7 nitrogen and oxygen atoms in total. The van der Waals surface area contributed by atoms with Crippen molar-refractivity contribution in [3.05, 3.63) is 57.0 Å². The first kappa shape index (κ1) is 20.3. The van der Waals surface area contributed by atoms with E-state index in [-0.39, 0.29) is 30.3 Å². The van der Waals surface area contributed by atoms with Crippen molar-refractivity contribution in [1.29, 1.82) is 0 Å². The highest BCUT2D eigenvalue weighted by Gasteiger charge is 2.20. The predicted molar refractivity (Wildman–Crippen MR) is 118 cm³/mol. The van der Waals surface area contributed by atoms with Crippen molar-refractivity contribution in [1.82, 2.24) is 14.5 Å². The molecule has 1 aliphatic carbocycles. The van der Waals surface area contributed by atoms with Crippen LogP contribution in [0.2, 0.25) is 0 Å². The van der Waals surface area contributed by atoms with E-state index in [0.29, 0.717) is 11.3 Å². The van der Waals surface area contributed by atoms with Crippen molar-refractivity contribution in [3.63, 3.8) is 0 Å². The highest BCUT2D eigenvalue weighted by Crippen LogP contribution is 2.33. The molecule has 0 aliphatic heterocycles. The Kier molecular flexibility index (Phi) is 5.67. The number of fused-ring (bicyclic) bond motifs is 3. The van der Waals surface area contributed by atoms with Gasteiger partial charge >= 0.3 is 0 Å². The second-order valence-corrected chi connectivity index (χ2v) is 8.76. The highest BCUT2D eigenvalue weighted by atomic mass is 32.1. The standard InChI is InChI=1S/C22H24N4O3S/c1-25(2)21(28)14-7-3-5-9-16(14)24-18(27)11-12-26-13-23-20-19(22(26)29)15-8-4-6-10-17(15)30-20/h3,5,7,9,13H,4,6,8,10-12H2,1-2H3,(H,24,27). The summed E-state index contributed by atoms with van der Waals surface area (Å²) in [5, 5.41) is 3.52. The number of hydrogen-bond acceptors (Lipinski definition) is 5. The average Bonchev–Trinajstić information content (AvgIpc) is 3.12. The SMILES string of the molecule is CN(C)C(=O)c1ccccc1NC(=O)CCn1cnc2sc3c(c2c1=O)CCCC3. The molecule has 0 saturated heterocycles. The lowest BCUT2D eigenvalue weighted by Gasteiger charge is -2.15. The van der Waals surface area contributed by atoms with Crippen molar-refractivity contribution in [2.24, 2.45) is 0 Å². The summed E-state index contributed by atoms with van der Waals surface area (Å²) < 4.78 is 1.51. The number of carbonyl (C=O) groups is 2. The minimum atomic E-state index is -0.256. The fourth-order valence-corrected chi connectivity index (χ4v) is 5.01. The molecule has 0 saturated carbocycles. The number of aryl methyl sites for hydroxylation is 3. The van der Waals surface area contributed by atoms with Crippen LogP contribution < -0.4 is 10.9 Å². The number of carbonyl (C=O) groups excluding carboxylic acids is 2. The van der Waals surface area contributed by atoms with Gasteiger partial charge in [-0.3, -0.25) is 19.0 Å². The Morgan fingerprint density at radius 3 is 2.77 bits per heavy atom. The first-order chi connectivity index (χ1) is 14.5. The van der Waals surface area contributed by atoms with Crippen molar-refractivity contribution in [3.8, 4) is 0 Å². The number of nitrogens with zero attached hydrogens (tertiary/aromatic N) is 3. The Morgan fingerprint density at radius 2 is 1.97 bits per heavy atom. The van der Waals surface area contributed by atoms with Crippen molar-refractivity contribution < 1.29 is 9.59 Å². The molecule has 2 heterocycles. The van der Waals surface area contributed by atoms with E-state index in [0.717, 1.165) is 41.5 Å². The number of aromatic nitrogens is 2. The molecule has 1 N–H and O–H groups in total. The first-order valence-electron chi connectivity index (χ1n) is 10.1. The third-order valence-corrected chi connectivity index (χ3v) is 6.56. The molecular weight excluding hydrogens is 400 g/mol. The van der Waals surface area contributed by atoms with Gasteiger partial charge in [0.2, 0.25) is 5.91 Å². The fraction of sp³-hybridized carbons (Fsp3) is 0.364.